The Balaban J connectivity index is 1.49. The van der Waals surface area contributed by atoms with Crippen molar-refractivity contribution in [3.63, 3.8) is 0 Å². The molecule has 0 bridgehead atoms. The SMILES string of the molecule is CCC(C)Cn1c(CCCCCNC(=O)c2ccco2)nc2ccccc21. The molecule has 144 valence electrons. The summed E-state index contributed by atoms with van der Waals surface area (Å²) in [6.07, 6.45) is 6.74. The molecule has 5 heteroatoms. The van der Waals surface area contributed by atoms with Crippen LogP contribution in [0.25, 0.3) is 11.0 Å². The number of unbranched alkanes of at least 4 members (excludes halogenated alkanes) is 2. The Morgan fingerprint density at radius 1 is 1.19 bits per heavy atom. The van der Waals surface area contributed by atoms with Gasteiger partial charge in [0.05, 0.1) is 17.3 Å². The number of imidazole rings is 1. The molecule has 0 aliphatic carbocycles. The number of amides is 1. The first-order valence-electron chi connectivity index (χ1n) is 9.95. The molecule has 1 unspecified atom stereocenters. The second-order valence-electron chi connectivity index (χ2n) is 7.18. The molecule has 0 radical (unpaired) electrons. The molecule has 0 fully saturated rings. The third-order valence-electron chi connectivity index (χ3n) is 5.03. The monoisotopic (exact) mass is 367 g/mol. The van der Waals surface area contributed by atoms with Gasteiger partial charge in [-0.15, -0.1) is 0 Å². The van der Waals surface area contributed by atoms with E-state index >= 15 is 0 Å². The van der Waals surface area contributed by atoms with Gasteiger partial charge in [0.25, 0.3) is 5.91 Å². The number of hydrogen-bond acceptors (Lipinski definition) is 3. The molecule has 1 amide bonds. The zero-order chi connectivity index (χ0) is 19.1. The zero-order valence-electron chi connectivity index (χ0n) is 16.3. The maximum Gasteiger partial charge on any atom is 0.286 e. The number of para-hydroxylation sites is 2. The Hall–Kier alpha value is -2.56. The average molecular weight is 367 g/mol. The van der Waals surface area contributed by atoms with Gasteiger partial charge in [-0.25, -0.2) is 4.98 Å². The minimum atomic E-state index is -0.143. The third-order valence-corrected chi connectivity index (χ3v) is 5.03. The number of aryl methyl sites for hydroxylation is 1. The Kier molecular flexibility index (Phi) is 6.69. The zero-order valence-corrected chi connectivity index (χ0v) is 16.3. The molecule has 3 aromatic rings. The smallest absolute Gasteiger partial charge is 0.286 e. The van der Waals surface area contributed by atoms with Crippen LogP contribution in [0.5, 0.6) is 0 Å². The fourth-order valence-electron chi connectivity index (χ4n) is 3.24. The maximum atomic E-state index is 11.8. The second kappa shape index (κ2) is 9.40. The van der Waals surface area contributed by atoms with Crippen LogP contribution in [0, 0.1) is 5.92 Å². The summed E-state index contributed by atoms with van der Waals surface area (Å²) >= 11 is 0. The van der Waals surface area contributed by atoms with Gasteiger partial charge in [-0.05, 0) is 43.0 Å². The van der Waals surface area contributed by atoms with Crippen molar-refractivity contribution in [2.45, 2.75) is 52.5 Å². The molecule has 0 spiro atoms. The van der Waals surface area contributed by atoms with Crippen molar-refractivity contribution in [2.75, 3.05) is 6.54 Å². The molecule has 2 aromatic heterocycles. The molecule has 1 N–H and O–H groups in total. The first-order chi connectivity index (χ1) is 13.2. The summed E-state index contributed by atoms with van der Waals surface area (Å²) in [6.45, 7) is 6.22. The summed E-state index contributed by atoms with van der Waals surface area (Å²) < 4.78 is 7.48. The summed E-state index contributed by atoms with van der Waals surface area (Å²) in [4.78, 5) is 16.7. The van der Waals surface area contributed by atoms with Gasteiger partial charge >= 0.3 is 0 Å². The summed E-state index contributed by atoms with van der Waals surface area (Å²) in [5.41, 5.74) is 2.32. The van der Waals surface area contributed by atoms with E-state index in [4.69, 9.17) is 9.40 Å². The van der Waals surface area contributed by atoms with Crippen molar-refractivity contribution in [3.05, 3.63) is 54.2 Å². The average Bonchev–Trinajstić information content (AvgIpc) is 3.33. The van der Waals surface area contributed by atoms with E-state index in [9.17, 15) is 4.79 Å². The lowest BCUT2D eigenvalue weighted by molar-refractivity contribution is 0.0925. The van der Waals surface area contributed by atoms with Gasteiger partial charge in [0.1, 0.15) is 5.82 Å². The second-order valence-corrected chi connectivity index (χ2v) is 7.18. The molecule has 1 atom stereocenters. The summed E-state index contributed by atoms with van der Waals surface area (Å²) in [5.74, 6) is 2.04. The normalized spacial score (nSPS) is 12.4. The van der Waals surface area contributed by atoms with Gasteiger partial charge in [-0.2, -0.15) is 0 Å². The molecule has 3 rings (SSSR count). The molecular formula is C22H29N3O2. The van der Waals surface area contributed by atoms with Crippen molar-refractivity contribution in [3.8, 4) is 0 Å². The molecule has 0 saturated heterocycles. The Morgan fingerprint density at radius 2 is 2.04 bits per heavy atom. The largest absolute Gasteiger partial charge is 0.459 e. The Morgan fingerprint density at radius 3 is 2.81 bits per heavy atom. The van der Waals surface area contributed by atoms with Crippen LogP contribution in [-0.2, 0) is 13.0 Å². The lowest BCUT2D eigenvalue weighted by Gasteiger charge is -2.14. The number of nitrogens with one attached hydrogen (secondary N) is 1. The predicted octanol–water partition coefficient (Wildman–Crippen LogP) is 4.82. The number of benzene rings is 1. The van der Waals surface area contributed by atoms with Crippen LogP contribution in [0.4, 0.5) is 0 Å². The van der Waals surface area contributed by atoms with Crippen molar-refractivity contribution in [1.29, 1.82) is 0 Å². The number of rotatable bonds is 10. The van der Waals surface area contributed by atoms with E-state index in [1.165, 1.54) is 24.0 Å². The molecular weight excluding hydrogens is 338 g/mol. The lowest BCUT2D eigenvalue weighted by atomic mass is 10.1. The van der Waals surface area contributed by atoms with Crippen LogP contribution in [0.1, 0.15) is 55.9 Å². The van der Waals surface area contributed by atoms with Gasteiger partial charge in [0.2, 0.25) is 0 Å². The van der Waals surface area contributed by atoms with Crippen LogP contribution in [0.3, 0.4) is 0 Å². The summed E-state index contributed by atoms with van der Waals surface area (Å²) in [6, 6.07) is 11.8. The Bertz CT molecular complexity index is 852. The maximum absolute atomic E-state index is 11.8. The van der Waals surface area contributed by atoms with E-state index < -0.39 is 0 Å². The standard InChI is InChI=1S/C22H29N3O2/c1-3-17(2)16-25-19-11-7-6-10-18(19)24-21(25)13-5-4-8-14-23-22(26)20-12-9-15-27-20/h6-7,9-12,15,17H,3-5,8,13-14,16H2,1-2H3,(H,23,26). The highest BCUT2D eigenvalue weighted by Crippen LogP contribution is 2.20. The fraction of sp³-hybridized carbons (Fsp3) is 0.455. The number of fused-ring (bicyclic) bond motifs is 1. The van der Waals surface area contributed by atoms with Crippen molar-refractivity contribution in [1.82, 2.24) is 14.9 Å². The highest BCUT2D eigenvalue weighted by molar-refractivity contribution is 5.91. The van der Waals surface area contributed by atoms with Crippen LogP contribution < -0.4 is 5.32 Å². The van der Waals surface area contributed by atoms with Gasteiger partial charge in [0.15, 0.2) is 5.76 Å². The van der Waals surface area contributed by atoms with E-state index in [0.29, 0.717) is 18.2 Å². The minimum Gasteiger partial charge on any atom is -0.459 e. The highest BCUT2D eigenvalue weighted by atomic mass is 16.3. The summed E-state index contributed by atoms with van der Waals surface area (Å²) in [5, 5.41) is 2.90. The Labute approximate surface area is 160 Å². The molecule has 1 aromatic carbocycles. The van der Waals surface area contributed by atoms with Crippen LogP contribution >= 0.6 is 0 Å². The first-order valence-corrected chi connectivity index (χ1v) is 9.95. The molecule has 2 heterocycles. The predicted molar refractivity (Wildman–Crippen MR) is 108 cm³/mol. The number of furan rings is 1. The van der Waals surface area contributed by atoms with E-state index in [1.54, 1.807) is 12.1 Å². The van der Waals surface area contributed by atoms with Crippen molar-refractivity contribution in [2.24, 2.45) is 5.92 Å². The van der Waals surface area contributed by atoms with Crippen molar-refractivity contribution >= 4 is 16.9 Å². The van der Waals surface area contributed by atoms with Gasteiger partial charge in [0, 0.05) is 19.5 Å². The van der Waals surface area contributed by atoms with Crippen LogP contribution in [0.15, 0.2) is 47.1 Å². The number of carbonyl (C=O) groups is 1. The highest BCUT2D eigenvalue weighted by Gasteiger charge is 2.12. The fourth-order valence-corrected chi connectivity index (χ4v) is 3.24. The van der Waals surface area contributed by atoms with Gasteiger partial charge in [-0.1, -0.05) is 38.8 Å². The van der Waals surface area contributed by atoms with Crippen molar-refractivity contribution < 1.29 is 9.21 Å². The third kappa shape index (κ3) is 5.00. The van der Waals surface area contributed by atoms with Gasteiger partial charge in [-0.3, -0.25) is 4.79 Å². The summed E-state index contributed by atoms with van der Waals surface area (Å²) in [7, 11) is 0. The lowest BCUT2D eigenvalue weighted by Crippen LogP contribution is -2.23. The molecule has 0 saturated carbocycles. The van der Waals surface area contributed by atoms with E-state index in [2.05, 4.69) is 48.0 Å². The van der Waals surface area contributed by atoms with Crippen LogP contribution in [0.2, 0.25) is 0 Å². The van der Waals surface area contributed by atoms with Gasteiger partial charge < -0.3 is 14.3 Å². The quantitative estimate of drug-likeness (QED) is 0.523. The van der Waals surface area contributed by atoms with E-state index in [1.807, 2.05) is 0 Å². The molecule has 0 aliphatic rings. The van der Waals surface area contributed by atoms with E-state index in [0.717, 1.165) is 37.7 Å². The van der Waals surface area contributed by atoms with E-state index in [-0.39, 0.29) is 5.91 Å². The van der Waals surface area contributed by atoms with Crippen LogP contribution in [-0.4, -0.2) is 22.0 Å². The molecule has 5 nitrogen and oxygen atoms in total. The topological polar surface area (TPSA) is 60.1 Å². The molecule has 0 aliphatic heterocycles. The first kappa shape index (κ1) is 19.2. The number of nitrogens with zero attached hydrogens (tertiary/aromatic N) is 2. The number of aromatic nitrogens is 2. The number of carbonyl (C=O) groups excluding carboxylic acids is 1. The molecule has 27 heavy (non-hydrogen) atoms. The number of hydrogen-bond donors (Lipinski definition) is 1. The minimum absolute atomic E-state index is 0.143.